The molecule has 0 saturated heterocycles. The molecule has 1 aromatic heterocycles. The Morgan fingerprint density at radius 3 is 2.63 bits per heavy atom. The van der Waals surface area contributed by atoms with Crippen LogP contribution in [0.2, 0.25) is 0 Å². The van der Waals surface area contributed by atoms with E-state index in [1.807, 2.05) is 6.92 Å². The van der Waals surface area contributed by atoms with E-state index in [1.54, 1.807) is 38.4 Å². The summed E-state index contributed by atoms with van der Waals surface area (Å²) in [5, 5.41) is 6.74. The highest BCUT2D eigenvalue weighted by molar-refractivity contribution is 5.95. The second-order valence-corrected chi connectivity index (χ2v) is 4.44. The number of ether oxygens (including phenoxy) is 1. The average molecular weight is 260 g/mol. The SMILES string of the molecule is Cc1cc(Oc2ccc(C(=O)N(C)C)cc2N)n[nH]1. The maximum atomic E-state index is 11.8. The lowest BCUT2D eigenvalue weighted by Crippen LogP contribution is -2.21. The molecule has 6 nitrogen and oxygen atoms in total. The monoisotopic (exact) mass is 260 g/mol. The van der Waals surface area contributed by atoms with Gasteiger partial charge in [0.2, 0.25) is 5.88 Å². The highest BCUT2D eigenvalue weighted by Crippen LogP contribution is 2.27. The van der Waals surface area contributed by atoms with Crippen molar-refractivity contribution in [1.29, 1.82) is 0 Å². The maximum Gasteiger partial charge on any atom is 0.253 e. The van der Waals surface area contributed by atoms with Crippen molar-refractivity contribution < 1.29 is 9.53 Å². The number of H-pyrrole nitrogens is 1. The van der Waals surface area contributed by atoms with Crippen molar-refractivity contribution in [2.75, 3.05) is 19.8 Å². The average Bonchev–Trinajstić information content (AvgIpc) is 2.76. The molecule has 0 radical (unpaired) electrons. The van der Waals surface area contributed by atoms with Gasteiger partial charge in [0.1, 0.15) is 0 Å². The minimum Gasteiger partial charge on any atom is -0.435 e. The summed E-state index contributed by atoms with van der Waals surface area (Å²) in [5.41, 5.74) is 7.69. The van der Waals surface area contributed by atoms with Gasteiger partial charge < -0.3 is 15.4 Å². The van der Waals surface area contributed by atoms with Crippen LogP contribution in [0.25, 0.3) is 0 Å². The molecule has 0 aliphatic carbocycles. The summed E-state index contributed by atoms with van der Waals surface area (Å²) >= 11 is 0. The molecule has 1 aromatic carbocycles. The Morgan fingerprint density at radius 1 is 1.37 bits per heavy atom. The van der Waals surface area contributed by atoms with E-state index in [2.05, 4.69) is 10.2 Å². The fourth-order valence-electron chi connectivity index (χ4n) is 1.59. The van der Waals surface area contributed by atoms with Crippen molar-refractivity contribution in [3.05, 3.63) is 35.5 Å². The fourth-order valence-corrected chi connectivity index (χ4v) is 1.59. The van der Waals surface area contributed by atoms with Crippen LogP contribution in [0.1, 0.15) is 16.1 Å². The number of aromatic amines is 1. The number of carbonyl (C=O) groups excluding carboxylic acids is 1. The summed E-state index contributed by atoms with van der Waals surface area (Å²) in [6.07, 6.45) is 0. The van der Waals surface area contributed by atoms with Gasteiger partial charge in [-0.1, -0.05) is 0 Å². The number of hydrogen-bond donors (Lipinski definition) is 2. The molecular formula is C13H16N4O2. The first-order valence-corrected chi connectivity index (χ1v) is 5.78. The Morgan fingerprint density at radius 2 is 2.11 bits per heavy atom. The zero-order valence-electron chi connectivity index (χ0n) is 11.1. The number of aromatic nitrogens is 2. The van der Waals surface area contributed by atoms with Gasteiger partial charge in [0.25, 0.3) is 5.91 Å². The van der Waals surface area contributed by atoms with E-state index in [4.69, 9.17) is 10.5 Å². The van der Waals surface area contributed by atoms with E-state index in [1.165, 1.54) is 4.90 Å². The Bertz CT molecular complexity index is 604. The van der Waals surface area contributed by atoms with Crippen LogP contribution in [-0.4, -0.2) is 35.1 Å². The molecule has 0 aliphatic heterocycles. The standard InChI is InChI=1S/C13H16N4O2/c1-8-6-12(16-15-8)19-11-5-4-9(7-10(11)14)13(18)17(2)3/h4-7H,14H2,1-3H3,(H,15,16). The molecule has 0 bridgehead atoms. The molecule has 0 spiro atoms. The lowest BCUT2D eigenvalue weighted by atomic mass is 10.1. The Labute approximate surface area is 111 Å². The largest absolute Gasteiger partial charge is 0.435 e. The predicted molar refractivity (Wildman–Crippen MR) is 72.3 cm³/mol. The third-order valence-corrected chi connectivity index (χ3v) is 2.56. The highest BCUT2D eigenvalue weighted by Gasteiger charge is 2.11. The topological polar surface area (TPSA) is 84.2 Å². The predicted octanol–water partition coefficient (Wildman–Crippen LogP) is 1.79. The molecule has 0 atom stereocenters. The molecule has 0 unspecified atom stereocenters. The van der Waals surface area contributed by atoms with Crippen molar-refractivity contribution in [3.63, 3.8) is 0 Å². The van der Waals surface area contributed by atoms with Crippen molar-refractivity contribution in [3.8, 4) is 11.6 Å². The summed E-state index contributed by atoms with van der Waals surface area (Å²) in [4.78, 5) is 13.3. The third-order valence-electron chi connectivity index (χ3n) is 2.56. The van der Waals surface area contributed by atoms with Gasteiger partial charge in [-0.2, -0.15) is 0 Å². The summed E-state index contributed by atoms with van der Waals surface area (Å²) in [7, 11) is 3.38. The maximum absolute atomic E-state index is 11.8. The summed E-state index contributed by atoms with van der Waals surface area (Å²) in [6, 6.07) is 6.69. The molecular weight excluding hydrogens is 244 g/mol. The van der Waals surface area contributed by atoms with Gasteiger partial charge in [0.15, 0.2) is 5.75 Å². The van der Waals surface area contributed by atoms with E-state index in [0.717, 1.165) is 5.69 Å². The molecule has 0 saturated carbocycles. The molecule has 19 heavy (non-hydrogen) atoms. The zero-order valence-corrected chi connectivity index (χ0v) is 11.1. The van der Waals surface area contributed by atoms with E-state index >= 15 is 0 Å². The molecule has 100 valence electrons. The normalized spacial score (nSPS) is 10.3. The first-order valence-electron chi connectivity index (χ1n) is 5.78. The number of anilines is 1. The van der Waals surface area contributed by atoms with Crippen LogP contribution in [0.15, 0.2) is 24.3 Å². The van der Waals surface area contributed by atoms with E-state index in [0.29, 0.717) is 22.9 Å². The van der Waals surface area contributed by atoms with E-state index in [9.17, 15) is 4.79 Å². The number of rotatable bonds is 3. The van der Waals surface area contributed by atoms with Crippen LogP contribution < -0.4 is 10.5 Å². The van der Waals surface area contributed by atoms with Crippen LogP contribution in [0.4, 0.5) is 5.69 Å². The lowest BCUT2D eigenvalue weighted by Gasteiger charge is -2.12. The highest BCUT2D eigenvalue weighted by atomic mass is 16.5. The minimum absolute atomic E-state index is 0.103. The van der Waals surface area contributed by atoms with Gasteiger partial charge >= 0.3 is 0 Å². The quantitative estimate of drug-likeness (QED) is 0.824. The van der Waals surface area contributed by atoms with E-state index in [-0.39, 0.29) is 5.91 Å². The Balaban J connectivity index is 2.22. The number of nitrogens with two attached hydrogens (primary N) is 1. The molecule has 2 rings (SSSR count). The fraction of sp³-hybridized carbons (Fsp3) is 0.231. The smallest absolute Gasteiger partial charge is 0.253 e. The number of carbonyl (C=O) groups is 1. The van der Waals surface area contributed by atoms with Gasteiger partial charge in [-0.05, 0) is 25.1 Å². The van der Waals surface area contributed by atoms with Crippen molar-refractivity contribution in [2.24, 2.45) is 0 Å². The van der Waals surface area contributed by atoms with Crippen LogP contribution in [0, 0.1) is 6.92 Å². The molecule has 3 N–H and O–H groups in total. The third kappa shape index (κ3) is 2.85. The summed E-state index contributed by atoms with van der Waals surface area (Å²) in [6.45, 7) is 1.88. The summed E-state index contributed by atoms with van der Waals surface area (Å²) < 4.78 is 5.53. The van der Waals surface area contributed by atoms with Crippen molar-refractivity contribution >= 4 is 11.6 Å². The number of nitrogens with one attached hydrogen (secondary N) is 1. The molecule has 1 amide bonds. The van der Waals surface area contributed by atoms with Gasteiger partial charge in [-0.15, -0.1) is 5.10 Å². The van der Waals surface area contributed by atoms with Crippen molar-refractivity contribution in [2.45, 2.75) is 6.92 Å². The van der Waals surface area contributed by atoms with Gasteiger partial charge in [-0.3, -0.25) is 9.89 Å². The second-order valence-electron chi connectivity index (χ2n) is 4.44. The number of benzene rings is 1. The van der Waals surface area contributed by atoms with Crippen molar-refractivity contribution in [1.82, 2.24) is 15.1 Å². The van der Waals surface area contributed by atoms with Gasteiger partial charge in [-0.25, -0.2) is 0 Å². The molecule has 0 fully saturated rings. The number of aryl methyl sites for hydroxylation is 1. The second kappa shape index (κ2) is 5.01. The zero-order chi connectivity index (χ0) is 14.0. The first-order chi connectivity index (χ1) is 8.97. The Hall–Kier alpha value is -2.50. The van der Waals surface area contributed by atoms with E-state index < -0.39 is 0 Å². The van der Waals surface area contributed by atoms with Crippen LogP contribution >= 0.6 is 0 Å². The van der Waals surface area contributed by atoms with Crippen LogP contribution in [-0.2, 0) is 0 Å². The summed E-state index contributed by atoms with van der Waals surface area (Å²) in [5.74, 6) is 0.812. The number of nitrogen functional groups attached to an aromatic ring is 1. The minimum atomic E-state index is -0.103. The van der Waals surface area contributed by atoms with Crippen LogP contribution in [0.5, 0.6) is 11.6 Å². The first kappa shape index (κ1) is 12.9. The molecule has 6 heteroatoms. The number of nitrogens with zero attached hydrogens (tertiary/aromatic N) is 2. The van der Waals surface area contributed by atoms with Gasteiger partial charge in [0, 0.05) is 31.4 Å². The molecule has 1 heterocycles. The number of hydrogen-bond acceptors (Lipinski definition) is 4. The number of amides is 1. The Kier molecular flexibility index (Phi) is 3.41. The van der Waals surface area contributed by atoms with Gasteiger partial charge in [0.05, 0.1) is 5.69 Å². The van der Waals surface area contributed by atoms with Crippen LogP contribution in [0.3, 0.4) is 0 Å². The molecule has 0 aliphatic rings. The molecule has 2 aromatic rings. The lowest BCUT2D eigenvalue weighted by molar-refractivity contribution is 0.0827.